The highest BCUT2D eigenvalue weighted by Gasteiger charge is 2.19. The topological polar surface area (TPSA) is 47.0 Å². The van der Waals surface area contributed by atoms with Crippen LogP contribution in [0.25, 0.3) is 33.8 Å². The molecular formula is C28H19N3O. The molecule has 4 aromatic carbocycles. The first kappa shape index (κ1) is 18.3. The molecule has 4 heteroatoms. The molecular weight excluding hydrogens is 394 g/mol. The van der Waals surface area contributed by atoms with E-state index in [1.54, 1.807) is 0 Å². The molecule has 0 saturated heterocycles. The molecule has 0 amide bonds. The van der Waals surface area contributed by atoms with Crippen molar-refractivity contribution in [3.05, 3.63) is 109 Å². The van der Waals surface area contributed by atoms with Gasteiger partial charge in [0.25, 0.3) is 0 Å². The number of hydrogen-bond donors (Lipinski definition) is 1. The van der Waals surface area contributed by atoms with Gasteiger partial charge in [-0.3, -0.25) is 0 Å². The highest BCUT2D eigenvalue weighted by molar-refractivity contribution is 5.89. The van der Waals surface area contributed by atoms with Gasteiger partial charge >= 0.3 is 0 Å². The number of nitrogens with zero attached hydrogens (tertiary/aromatic N) is 2. The van der Waals surface area contributed by atoms with Gasteiger partial charge in [-0.05, 0) is 29.8 Å². The molecule has 0 aliphatic carbocycles. The monoisotopic (exact) mass is 413 g/mol. The van der Waals surface area contributed by atoms with Crippen LogP contribution in [0.4, 0.5) is 11.4 Å². The molecule has 0 atom stereocenters. The maximum absolute atomic E-state index is 6.11. The third-order valence-corrected chi connectivity index (χ3v) is 5.57. The number of aromatic nitrogens is 2. The molecule has 2 heterocycles. The number of para-hydroxylation sites is 3. The molecule has 1 N–H and O–H groups in total. The van der Waals surface area contributed by atoms with E-state index in [4.69, 9.17) is 9.72 Å². The second-order valence-electron chi connectivity index (χ2n) is 7.61. The molecule has 1 aromatic heterocycles. The lowest BCUT2D eigenvalue weighted by molar-refractivity contribution is 0.481. The van der Waals surface area contributed by atoms with E-state index >= 15 is 0 Å². The Bertz CT molecular complexity index is 1410. The molecule has 0 bridgehead atoms. The van der Waals surface area contributed by atoms with Crippen molar-refractivity contribution in [3.8, 4) is 45.3 Å². The normalized spacial score (nSPS) is 11.6. The summed E-state index contributed by atoms with van der Waals surface area (Å²) in [6.07, 6.45) is 1.81. The maximum atomic E-state index is 6.11. The van der Waals surface area contributed by atoms with E-state index in [0.29, 0.717) is 0 Å². The Balaban J connectivity index is 1.34. The summed E-state index contributed by atoms with van der Waals surface area (Å²) in [6.45, 7) is 0. The quantitative estimate of drug-likeness (QED) is 0.330. The van der Waals surface area contributed by atoms with Crippen LogP contribution in [0.5, 0.6) is 11.5 Å². The van der Waals surface area contributed by atoms with E-state index in [1.807, 2.05) is 79.0 Å². The lowest BCUT2D eigenvalue weighted by Crippen LogP contribution is -2.03. The van der Waals surface area contributed by atoms with Crippen molar-refractivity contribution in [1.82, 2.24) is 9.97 Å². The van der Waals surface area contributed by atoms with Gasteiger partial charge in [0.2, 0.25) is 0 Å². The Labute approximate surface area is 186 Å². The minimum atomic E-state index is 0.726. The van der Waals surface area contributed by atoms with Crippen LogP contribution >= 0.6 is 0 Å². The van der Waals surface area contributed by atoms with Crippen molar-refractivity contribution in [2.75, 3.05) is 5.32 Å². The molecule has 4 nitrogen and oxygen atoms in total. The van der Waals surface area contributed by atoms with Crippen molar-refractivity contribution >= 4 is 11.4 Å². The lowest BCUT2D eigenvalue weighted by Gasteiger charge is -2.24. The molecule has 0 saturated carbocycles. The van der Waals surface area contributed by atoms with Crippen LogP contribution in [0.15, 0.2) is 109 Å². The molecule has 1 aliphatic rings. The molecule has 0 fully saturated rings. The molecule has 6 rings (SSSR count). The minimum Gasteiger partial charge on any atom is -0.453 e. The van der Waals surface area contributed by atoms with E-state index < -0.39 is 0 Å². The number of fused-ring (bicyclic) bond motifs is 2. The Morgan fingerprint density at radius 1 is 0.594 bits per heavy atom. The van der Waals surface area contributed by atoms with E-state index in [9.17, 15) is 0 Å². The van der Waals surface area contributed by atoms with Gasteiger partial charge in [0.05, 0.1) is 17.1 Å². The summed E-state index contributed by atoms with van der Waals surface area (Å²) in [5.41, 5.74) is 7.11. The summed E-state index contributed by atoms with van der Waals surface area (Å²) in [6, 6.07) is 34.5. The number of anilines is 2. The Hall–Kier alpha value is -4.44. The van der Waals surface area contributed by atoms with Crippen LogP contribution in [0.1, 0.15) is 0 Å². The van der Waals surface area contributed by atoms with Gasteiger partial charge in [0.1, 0.15) is 0 Å². The van der Waals surface area contributed by atoms with Crippen molar-refractivity contribution in [1.29, 1.82) is 0 Å². The summed E-state index contributed by atoms with van der Waals surface area (Å²) in [4.78, 5) is 9.20. The third-order valence-electron chi connectivity index (χ3n) is 5.57. The van der Waals surface area contributed by atoms with Crippen LogP contribution in [-0.2, 0) is 0 Å². The van der Waals surface area contributed by atoms with Crippen LogP contribution in [0, 0.1) is 0 Å². The maximum Gasteiger partial charge on any atom is 0.159 e. The first-order valence-corrected chi connectivity index (χ1v) is 10.5. The molecule has 0 unspecified atom stereocenters. The van der Waals surface area contributed by atoms with Gasteiger partial charge in [-0.2, -0.15) is 0 Å². The minimum absolute atomic E-state index is 0.726. The summed E-state index contributed by atoms with van der Waals surface area (Å²) in [5, 5.41) is 3.53. The summed E-state index contributed by atoms with van der Waals surface area (Å²) < 4.78 is 6.11. The van der Waals surface area contributed by atoms with Gasteiger partial charge < -0.3 is 10.1 Å². The van der Waals surface area contributed by atoms with Gasteiger partial charge in [0.15, 0.2) is 17.3 Å². The Morgan fingerprint density at radius 3 is 2.22 bits per heavy atom. The van der Waals surface area contributed by atoms with E-state index in [0.717, 1.165) is 56.6 Å². The predicted octanol–water partition coefficient (Wildman–Crippen LogP) is 7.33. The van der Waals surface area contributed by atoms with Crippen LogP contribution in [0.3, 0.4) is 0 Å². The number of benzene rings is 4. The van der Waals surface area contributed by atoms with Crippen molar-refractivity contribution in [3.63, 3.8) is 0 Å². The Morgan fingerprint density at radius 2 is 1.34 bits per heavy atom. The molecule has 5 aromatic rings. The first-order chi connectivity index (χ1) is 15.8. The zero-order chi connectivity index (χ0) is 21.3. The molecule has 152 valence electrons. The number of nitrogens with one attached hydrogen (secondary N) is 1. The van der Waals surface area contributed by atoms with Crippen LogP contribution < -0.4 is 10.1 Å². The summed E-state index contributed by atoms with van der Waals surface area (Å²) >= 11 is 0. The standard InChI is InChI=1S/C28H19N3O/c1-2-7-21(8-3-1)28-29-18-17-23(31-28)20-15-13-19(14-16-20)22-9-6-12-26-27(22)30-24-10-4-5-11-25(24)32-26/h1-18,30H. The highest BCUT2D eigenvalue weighted by Crippen LogP contribution is 2.46. The molecule has 1 aliphatic heterocycles. The van der Waals surface area contributed by atoms with E-state index in [1.165, 1.54) is 0 Å². The average Bonchev–Trinajstić information content (AvgIpc) is 2.88. The molecule has 0 radical (unpaired) electrons. The van der Waals surface area contributed by atoms with Crippen LogP contribution in [-0.4, -0.2) is 9.97 Å². The van der Waals surface area contributed by atoms with Crippen molar-refractivity contribution in [2.45, 2.75) is 0 Å². The first-order valence-electron chi connectivity index (χ1n) is 10.5. The predicted molar refractivity (Wildman–Crippen MR) is 128 cm³/mol. The van der Waals surface area contributed by atoms with Gasteiger partial charge in [-0.1, -0.05) is 78.9 Å². The average molecular weight is 413 g/mol. The second kappa shape index (κ2) is 7.67. The fraction of sp³-hybridized carbons (Fsp3) is 0. The fourth-order valence-electron chi connectivity index (χ4n) is 3.96. The smallest absolute Gasteiger partial charge is 0.159 e. The zero-order valence-electron chi connectivity index (χ0n) is 17.2. The Kier molecular flexibility index (Phi) is 4.40. The number of ether oxygens (including phenoxy) is 1. The van der Waals surface area contributed by atoms with Crippen LogP contribution in [0.2, 0.25) is 0 Å². The van der Waals surface area contributed by atoms with E-state index in [2.05, 4.69) is 40.6 Å². The fourth-order valence-corrected chi connectivity index (χ4v) is 3.96. The molecule has 32 heavy (non-hydrogen) atoms. The molecule has 0 spiro atoms. The summed E-state index contributed by atoms with van der Waals surface area (Å²) in [7, 11) is 0. The third kappa shape index (κ3) is 3.28. The van der Waals surface area contributed by atoms with Gasteiger partial charge in [-0.15, -0.1) is 0 Å². The van der Waals surface area contributed by atoms with Gasteiger partial charge in [0, 0.05) is 22.9 Å². The van der Waals surface area contributed by atoms with Gasteiger partial charge in [-0.25, -0.2) is 9.97 Å². The highest BCUT2D eigenvalue weighted by atomic mass is 16.5. The number of rotatable bonds is 3. The zero-order valence-corrected chi connectivity index (χ0v) is 17.2. The van der Waals surface area contributed by atoms with E-state index in [-0.39, 0.29) is 0 Å². The second-order valence-corrected chi connectivity index (χ2v) is 7.61. The SMILES string of the molecule is c1ccc(-c2nccc(-c3ccc(-c4cccc5c4Nc4ccccc4O5)cc3)n2)cc1. The van der Waals surface area contributed by atoms with Crippen molar-refractivity contribution < 1.29 is 4.74 Å². The largest absolute Gasteiger partial charge is 0.453 e. The van der Waals surface area contributed by atoms with Crippen molar-refractivity contribution in [2.24, 2.45) is 0 Å². The number of hydrogen-bond acceptors (Lipinski definition) is 4. The lowest BCUT2D eigenvalue weighted by atomic mass is 9.99. The summed E-state index contributed by atoms with van der Waals surface area (Å²) in [5.74, 6) is 2.39.